The highest BCUT2D eigenvalue weighted by atomic mass is 32.2. The second-order valence-corrected chi connectivity index (χ2v) is 16.4. The lowest BCUT2D eigenvalue weighted by Crippen LogP contribution is -2.55. The number of amides is 2. The fourth-order valence-electron chi connectivity index (χ4n) is 9.29. The molecule has 1 N–H and O–H groups in total. The van der Waals surface area contributed by atoms with Crippen molar-refractivity contribution in [3.8, 4) is 17.0 Å². The van der Waals surface area contributed by atoms with Crippen LogP contribution < -0.4 is 9.46 Å². The van der Waals surface area contributed by atoms with Gasteiger partial charge in [-0.15, -0.1) is 0 Å². The predicted molar refractivity (Wildman–Crippen MR) is 178 cm³/mol. The Bertz CT molecular complexity index is 1850. The Morgan fingerprint density at radius 2 is 1.74 bits per heavy atom. The number of likely N-dealkylation sites (tertiary alicyclic amines) is 1. The molecule has 46 heavy (non-hydrogen) atoms. The average Bonchev–Trinajstić information content (AvgIpc) is 3.69. The number of aromatic nitrogens is 1. The number of carbonyl (C=O) groups is 2. The van der Waals surface area contributed by atoms with Crippen molar-refractivity contribution in [2.24, 2.45) is 5.41 Å². The van der Waals surface area contributed by atoms with Crippen molar-refractivity contribution < 1.29 is 22.7 Å². The zero-order valence-corrected chi connectivity index (χ0v) is 27.9. The molecule has 2 saturated heterocycles. The Kier molecular flexibility index (Phi) is 7.07. The van der Waals surface area contributed by atoms with Gasteiger partial charge in [0.15, 0.2) is 0 Å². The molecule has 2 amide bonds. The molecule has 4 atom stereocenters. The standard InChI is InChI=1S/C36H44N4O5S/c1-4-46(43,44)37-34(41)23-10-14-28-31(16-23)40-21-36(35(42)39-19-24-11-12-25(20-39)38(24)2)18-30(36)29-17-26(45-3)13-15-27(29)33(40)32(28)22-8-6-5-7-9-22/h10,13-17,22,24-25,30H,4-9,11-12,18-21H2,1-3H3,(H,37,41). The van der Waals surface area contributed by atoms with Gasteiger partial charge in [0.2, 0.25) is 15.9 Å². The van der Waals surface area contributed by atoms with E-state index in [4.69, 9.17) is 4.74 Å². The van der Waals surface area contributed by atoms with Crippen molar-refractivity contribution >= 4 is 32.7 Å². The number of nitrogens with zero attached hydrogens (tertiary/aromatic N) is 3. The van der Waals surface area contributed by atoms with Crippen molar-refractivity contribution in [3.63, 3.8) is 0 Å². The number of carbonyl (C=O) groups excluding carboxylic acids is 2. The van der Waals surface area contributed by atoms with Crippen molar-refractivity contribution in [2.75, 3.05) is 33.0 Å². The van der Waals surface area contributed by atoms with Gasteiger partial charge in [0.05, 0.1) is 24.0 Å². The molecular weight excluding hydrogens is 600 g/mol. The number of fused-ring (bicyclic) bond motifs is 9. The van der Waals surface area contributed by atoms with E-state index in [1.807, 2.05) is 18.2 Å². The summed E-state index contributed by atoms with van der Waals surface area (Å²) in [7, 11) is 0.172. The summed E-state index contributed by atoms with van der Waals surface area (Å²) in [6.45, 7) is 3.59. The molecule has 10 heteroatoms. The Hall–Kier alpha value is -3.37. The zero-order chi connectivity index (χ0) is 32.0. The Morgan fingerprint density at radius 1 is 1.00 bits per heavy atom. The maximum Gasteiger partial charge on any atom is 0.264 e. The molecular formula is C36H44N4O5S. The Morgan fingerprint density at radius 3 is 2.43 bits per heavy atom. The monoisotopic (exact) mass is 644 g/mol. The summed E-state index contributed by atoms with van der Waals surface area (Å²) >= 11 is 0. The number of methoxy groups -OCH3 is 1. The van der Waals surface area contributed by atoms with Gasteiger partial charge in [0.1, 0.15) is 5.75 Å². The van der Waals surface area contributed by atoms with Gasteiger partial charge in [-0.05, 0) is 93.5 Å². The van der Waals surface area contributed by atoms with Crippen LogP contribution in [-0.4, -0.2) is 79.7 Å². The van der Waals surface area contributed by atoms with Gasteiger partial charge in [-0.3, -0.25) is 14.5 Å². The molecule has 1 aromatic heterocycles. The van der Waals surface area contributed by atoms with E-state index in [9.17, 15) is 18.0 Å². The number of hydrogen-bond donors (Lipinski definition) is 1. The second-order valence-electron chi connectivity index (χ2n) is 14.4. The molecule has 3 aromatic rings. The third kappa shape index (κ3) is 4.61. The Balaban J connectivity index is 1.31. The molecule has 5 aliphatic rings. The number of nitrogens with one attached hydrogen (secondary N) is 1. The minimum absolute atomic E-state index is 0.0812. The number of ether oxygens (including phenoxy) is 1. The second kappa shape index (κ2) is 10.8. The number of hydrogen-bond acceptors (Lipinski definition) is 6. The van der Waals surface area contributed by atoms with Crippen LogP contribution in [0.15, 0.2) is 36.4 Å². The number of rotatable bonds is 6. The minimum atomic E-state index is -3.72. The third-order valence-corrected chi connectivity index (χ3v) is 13.2. The van der Waals surface area contributed by atoms with Gasteiger partial charge in [0.25, 0.3) is 5.91 Å². The van der Waals surface area contributed by atoms with E-state index in [2.05, 4.69) is 38.3 Å². The molecule has 3 aliphatic heterocycles. The molecule has 4 unspecified atom stereocenters. The smallest absolute Gasteiger partial charge is 0.264 e. The summed E-state index contributed by atoms with van der Waals surface area (Å²) in [6.07, 6.45) is 8.85. The van der Waals surface area contributed by atoms with Crippen LogP contribution in [0.2, 0.25) is 0 Å². The van der Waals surface area contributed by atoms with Gasteiger partial charge in [-0.1, -0.05) is 25.3 Å². The molecule has 2 saturated carbocycles. The first-order valence-corrected chi connectivity index (χ1v) is 18.7. The van der Waals surface area contributed by atoms with E-state index < -0.39 is 21.3 Å². The first-order chi connectivity index (χ1) is 22.1. The number of piperazine rings is 1. The average molecular weight is 645 g/mol. The van der Waals surface area contributed by atoms with Crippen LogP contribution in [0.25, 0.3) is 22.2 Å². The van der Waals surface area contributed by atoms with Crippen molar-refractivity contribution in [3.05, 3.63) is 53.1 Å². The summed E-state index contributed by atoms with van der Waals surface area (Å²) in [5, 5.41) is 1.10. The van der Waals surface area contributed by atoms with Crippen LogP contribution in [0, 0.1) is 5.41 Å². The largest absolute Gasteiger partial charge is 0.497 e. The van der Waals surface area contributed by atoms with Crippen LogP contribution in [0.1, 0.15) is 91.6 Å². The lowest BCUT2D eigenvalue weighted by Gasteiger charge is -2.40. The summed E-state index contributed by atoms with van der Waals surface area (Å²) < 4.78 is 34.9. The van der Waals surface area contributed by atoms with Crippen LogP contribution in [-0.2, 0) is 21.4 Å². The summed E-state index contributed by atoms with van der Waals surface area (Å²) in [5.41, 5.74) is 5.40. The molecule has 244 valence electrons. The predicted octanol–water partition coefficient (Wildman–Crippen LogP) is 5.24. The lowest BCUT2D eigenvalue weighted by atomic mass is 9.81. The molecule has 4 fully saturated rings. The molecule has 9 nitrogen and oxygen atoms in total. The van der Waals surface area contributed by atoms with Gasteiger partial charge >= 0.3 is 0 Å². The quantitative estimate of drug-likeness (QED) is 0.394. The molecule has 8 rings (SSSR count). The van der Waals surface area contributed by atoms with Gasteiger partial charge in [-0.25, -0.2) is 13.1 Å². The van der Waals surface area contributed by atoms with Gasteiger partial charge in [-0.2, -0.15) is 0 Å². The molecule has 2 aliphatic carbocycles. The minimum Gasteiger partial charge on any atom is -0.497 e. The van der Waals surface area contributed by atoms with Crippen molar-refractivity contribution in [1.29, 1.82) is 0 Å². The fraction of sp³-hybridized carbons (Fsp3) is 0.556. The fourth-order valence-corrected chi connectivity index (χ4v) is 9.83. The van der Waals surface area contributed by atoms with Crippen LogP contribution in [0.5, 0.6) is 5.75 Å². The highest BCUT2D eigenvalue weighted by Gasteiger charge is 2.64. The summed E-state index contributed by atoms with van der Waals surface area (Å²) in [6, 6.07) is 12.8. The Labute approximate surface area is 271 Å². The molecule has 0 radical (unpaired) electrons. The van der Waals surface area contributed by atoms with Crippen molar-refractivity contribution in [2.45, 2.75) is 88.8 Å². The van der Waals surface area contributed by atoms with Crippen molar-refractivity contribution in [1.82, 2.24) is 19.1 Å². The summed E-state index contributed by atoms with van der Waals surface area (Å²) in [5.74, 6) is 0.695. The highest BCUT2D eigenvalue weighted by molar-refractivity contribution is 7.90. The van der Waals surface area contributed by atoms with E-state index in [1.165, 1.54) is 37.3 Å². The highest BCUT2D eigenvalue weighted by Crippen LogP contribution is 2.66. The van der Waals surface area contributed by atoms with Crippen LogP contribution in [0.4, 0.5) is 0 Å². The number of benzene rings is 2. The van der Waals surface area contributed by atoms with E-state index >= 15 is 0 Å². The molecule has 0 spiro atoms. The first kappa shape index (κ1) is 30.0. The number of likely N-dealkylation sites (N-methyl/N-ethyl adjacent to an activating group) is 1. The normalized spacial score (nSPS) is 27.5. The van der Waals surface area contributed by atoms with Gasteiger partial charge < -0.3 is 14.2 Å². The first-order valence-electron chi connectivity index (χ1n) is 17.0. The maximum absolute atomic E-state index is 14.8. The SMILES string of the molecule is CCS(=O)(=O)NC(=O)c1ccc2c(C3CCCCC3)c3n(c2c1)CC1(C(=O)N2CC4CCC(C2)N4C)CC1c1cc(OC)ccc1-3. The van der Waals surface area contributed by atoms with Crippen LogP contribution in [0.3, 0.4) is 0 Å². The molecule has 2 aromatic carbocycles. The van der Waals surface area contributed by atoms with E-state index in [0.717, 1.165) is 73.1 Å². The molecule has 2 bridgehead atoms. The van der Waals surface area contributed by atoms with E-state index in [1.54, 1.807) is 13.2 Å². The van der Waals surface area contributed by atoms with E-state index in [-0.39, 0.29) is 17.6 Å². The lowest BCUT2D eigenvalue weighted by molar-refractivity contribution is -0.141. The van der Waals surface area contributed by atoms with Crippen LogP contribution >= 0.6 is 0 Å². The molecule has 4 heterocycles. The van der Waals surface area contributed by atoms with E-state index in [0.29, 0.717) is 30.1 Å². The zero-order valence-electron chi connectivity index (χ0n) is 27.0. The maximum atomic E-state index is 14.8. The third-order valence-electron chi connectivity index (χ3n) is 12.0. The summed E-state index contributed by atoms with van der Waals surface area (Å²) in [4.78, 5) is 32.7. The topological polar surface area (TPSA) is 101 Å². The van der Waals surface area contributed by atoms with Gasteiger partial charge in [0, 0.05) is 59.7 Å². The number of sulfonamides is 1.